The van der Waals surface area contributed by atoms with E-state index in [1.807, 2.05) is 0 Å². The minimum Gasteiger partial charge on any atom is -0.481 e. The van der Waals surface area contributed by atoms with Gasteiger partial charge in [-0.2, -0.15) is 0 Å². The van der Waals surface area contributed by atoms with E-state index in [2.05, 4.69) is 0 Å². The second kappa shape index (κ2) is 3.55. The largest absolute Gasteiger partial charge is 0.481 e. The molecule has 1 N–H and O–H groups in total. The molecule has 6 nitrogen and oxygen atoms in total. The van der Waals surface area contributed by atoms with Crippen LogP contribution in [-0.2, 0) is 14.4 Å². The molecule has 0 rings (SSSR count). The van der Waals surface area contributed by atoms with Crippen LogP contribution in [0.2, 0.25) is 0 Å². The van der Waals surface area contributed by atoms with Crippen molar-refractivity contribution in [2.75, 3.05) is 0 Å². The van der Waals surface area contributed by atoms with Crippen molar-refractivity contribution in [2.24, 2.45) is 11.1 Å². The van der Waals surface area contributed by atoms with E-state index in [0.717, 1.165) is 6.92 Å². The zero-order valence-corrected chi connectivity index (χ0v) is 5.60. The number of carbonyl (C=O) groups excluding carboxylic acids is 2. The van der Waals surface area contributed by atoms with Gasteiger partial charge in [0.2, 0.25) is 5.78 Å². The molecule has 1 atom stereocenters. The smallest absolute Gasteiger partial charge is 0.353 e. The number of nitrogens with zero attached hydrogens (tertiary/aromatic N) is 1. The van der Waals surface area contributed by atoms with Crippen LogP contribution >= 0.6 is 0 Å². The number of hydrogen-bond acceptors (Lipinski definition) is 4. The normalized spacial score (nSPS) is 11.7. The van der Waals surface area contributed by atoms with Crippen LogP contribution in [0, 0.1) is 10.8 Å². The molecule has 0 spiro atoms. The Kier molecular flexibility index (Phi) is 3.03. The second-order valence-electron chi connectivity index (χ2n) is 1.82. The molecule has 0 aliphatic carbocycles. The minimum absolute atomic E-state index is 1.01. The number of Topliss-reactive ketones (excluding diaryl/α,β-unsaturated/α-hetero) is 1. The van der Waals surface area contributed by atoms with Gasteiger partial charge in [0, 0.05) is 5.18 Å². The molecule has 0 saturated carbocycles. The van der Waals surface area contributed by atoms with Crippen LogP contribution < -0.4 is 0 Å². The van der Waals surface area contributed by atoms with Gasteiger partial charge in [0.25, 0.3) is 0 Å². The number of carbonyl (C=O) groups is 3. The molecule has 1 amide bonds. The third kappa shape index (κ3) is 2.24. The summed E-state index contributed by atoms with van der Waals surface area (Å²) >= 11 is 0. The van der Waals surface area contributed by atoms with Crippen molar-refractivity contribution in [3.8, 4) is 0 Å². The van der Waals surface area contributed by atoms with Crippen molar-refractivity contribution in [2.45, 2.75) is 6.92 Å². The van der Waals surface area contributed by atoms with Crippen molar-refractivity contribution >= 4 is 17.7 Å². The number of rotatable bonds is 3. The predicted octanol–water partition coefficient (Wildman–Crippen LogP) is -0.431. The molecular weight excluding hydrogens is 154 g/mol. The second-order valence-corrected chi connectivity index (χ2v) is 1.82. The van der Waals surface area contributed by atoms with Gasteiger partial charge in [-0.1, -0.05) is 0 Å². The van der Waals surface area contributed by atoms with E-state index in [1.165, 1.54) is 0 Å². The average molecular weight is 159 g/mol. The fourth-order valence-electron chi connectivity index (χ4n) is 0.342. The van der Waals surface area contributed by atoms with Gasteiger partial charge in [-0.3, -0.25) is 14.4 Å². The Bertz CT molecular complexity index is 221. The summed E-state index contributed by atoms with van der Waals surface area (Å²) in [5, 5.41) is 9.97. The van der Waals surface area contributed by atoms with E-state index in [9.17, 15) is 19.3 Å². The maximum Gasteiger partial charge on any atom is 0.353 e. The predicted molar refractivity (Wildman–Crippen MR) is 32.6 cm³/mol. The molecule has 0 unspecified atom stereocenters. The zero-order chi connectivity index (χ0) is 9.02. The van der Waals surface area contributed by atoms with Gasteiger partial charge in [-0.25, -0.2) is 0 Å². The molecule has 0 heterocycles. The Labute approximate surface area is 61.2 Å². The van der Waals surface area contributed by atoms with E-state index < -0.39 is 23.6 Å². The summed E-state index contributed by atoms with van der Waals surface area (Å²) in [6, 6.07) is 0. The Morgan fingerprint density at radius 2 is 1.82 bits per heavy atom. The highest BCUT2D eigenvalue weighted by Crippen LogP contribution is 1.97. The molecule has 0 fully saturated rings. The van der Waals surface area contributed by atoms with E-state index in [0.29, 0.717) is 0 Å². The van der Waals surface area contributed by atoms with Gasteiger partial charge in [0.05, 0.1) is 0 Å². The molecule has 0 aliphatic heterocycles. The van der Waals surface area contributed by atoms with Crippen LogP contribution in [0.25, 0.3) is 0 Å². The van der Waals surface area contributed by atoms with Gasteiger partial charge in [-0.05, 0) is 6.92 Å². The van der Waals surface area contributed by atoms with Gasteiger partial charge in [0.1, 0.15) is 5.92 Å². The molecule has 11 heavy (non-hydrogen) atoms. The molecule has 0 aromatic rings. The maximum absolute atomic E-state index is 10.5. The number of amides is 1. The molecule has 60 valence electrons. The van der Waals surface area contributed by atoms with E-state index >= 15 is 0 Å². The third-order valence-electron chi connectivity index (χ3n) is 1.06. The molecule has 0 aromatic heterocycles. The van der Waals surface area contributed by atoms with Gasteiger partial charge in [0.15, 0.2) is 0 Å². The first-order chi connectivity index (χ1) is 5.00. The topological polar surface area (TPSA) is 101 Å². The van der Waals surface area contributed by atoms with Crippen molar-refractivity contribution in [1.29, 1.82) is 0 Å². The van der Waals surface area contributed by atoms with Crippen LogP contribution in [0.1, 0.15) is 6.92 Å². The first-order valence-electron chi connectivity index (χ1n) is 2.65. The molecule has 0 aromatic carbocycles. The lowest BCUT2D eigenvalue weighted by atomic mass is 10.1. The number of carboxylic acids is 1. The van der Waals surface area contributed by atoms with Crippen LogP contribution in [0.5, 0.6) is 0 Å². The van der Waals surface area contributed by atoms with Crippen LogP contribution in [0.4, 0.5) is 0 Å². The summed E-state index contributed by atoms with van der Waals surface area (Å²) in [6.07, 6.45) is 0. The quantitative estimate of drug-likeness (QED) is 0.342. The Morgan fingerprint density at radius 3 is 2.09 bits per heavy atom. The highest BCUT2D eigenvalue weighted by Gasteiger charge is 2.27. The van der Waals surface area contributed by atoms with Gasteiger partial charge < -0.3 is 5.11 Å². The van der Waals surface area contributed by atoms with E-state index in [-0.39, 0.29) is 0 Å². The monoisotopic (exact) mass is 159 g/mol. The number of nitroso groups, excluding NO2 is 1. The lowest BCUT2D eigenvalue weighted by molar-refractivity contribution is -0.149. The van der Waals surface area contributed by atoms with Crippen molar-refractivity contribution in [3.05, 3.63) is 4.91 Å². The standard InChI is InChI=1S/C5H5NO5/c1-2(5(9)10)3(7)4(8)6-11/h2H,1H3,(H,9,10)/t2-/m0/s1. The highest BCUT2D eigenvalue weighted by molar-refractivity contribution is 6.40. The van der Waals surface area contributed by atoms with Gasteiger partial charge >= 0.3 is 11.9 Å². The fourth-order valence-corrected chi connectivity index (χ4v) is 0.342. The number of aliphatic carboxylic acids is 1. The molecule has 0 aliphatic rings. The number of ketones is 1. The summed E-state index contributed by atoms with van der Waals surface area (Å²) in [5.41, 5.74) is 0. The number of hydrogen-bond donors (Lipinski definition) is 1. The van der Waals surface area contributed by atoms with Crippen LogP contribution in [0.15, 0.2) is 5.18 Å². The lowest BCUT2D eigenvalue weighted by Crippen LogP contribution is -2.26. The SMILES string of the molecule is C[C@H](C(=O)O)C(=O)C(=O)N=O. The molecule has 0 saturated heterocycles. The maximum atomic E-state index is 10.5. The Hall–Kier alpha value is -1.59. The van der Waals surface area contributed by atoms with E-state index in [4.69, 9.17) is 5.11 Å². The molecular formula is C5H5NO5. The first kappa shape index (κ1) is 9.41. The van der Waals surface area contributed by atoms with Crippen molar-refractivity contribution in [3.63, 3.8) is 0 Å². The average Bonchev–Trinajstić information content (AvgIpc) is 2.00. The molecule has 6 heteroatoms. The summed E-state index contributed by atoms with van der Waals surface area (Å²) in [6.45, 7) is 1.01. The summed E-state index contributed by atoms with van der Waals surface area (Å²) in [5.74, 6) is -5.81. The van der Waals surface area contributed by atoms with Gasteiger partial charge in [-0.15, -0.1) is 4.91 Å². The highest BCUT2D eigenvalue weighted by atomic mass is 16.4. The molecule has 0 bridgehead atoms. The van der Waals surface area contributed by atoms with Crippen molar-refractivity contribution < 1.29 is 19.5 Å². The third-order valence-corrected chi connectivity index (χ3v) is 1.06. The first-order valence-corrected chi connectivity index (χ1v) is 2.65. The zero-order valence-electron chi connectivity index (χ0n) is 5.60. The van der Waals surface area contributed by atoms with Crippen molar-refractivity contribution in [1.82, 2.24) is 0 Å². The molecule has 0 radical (unpaired) electrons. The number of carboxylic acid groups (broad SMARTS) is 1. The van der Waals surface area contributed by atoms with Crippen LogP contribution in [-0.4, -0.2) is 22.8 Å². The fraction of sp³-hybridized carbons (Fsp3) is 0.400. The Balaban J connectivity index is 4.37. The minimum atomic E-state index is -1.56. The van der Waals surface area contributed by atoms with Crippen LogP contribution in [0.3, 0.4) is 0 Å². The van der Waals surface area contributed by atoms with E-state index in [1.54, 1.807) is 5.18 Å². The summed E-state index contributed by atoms with van der Waals surface area (Å²) in [4.78, 5) is 40.2. The lowest BCUT2D eigenvalue weighted by Gasteiger charge is -1.97. The summed E-state index contributed by atoms with van der Waals surface area (Å²) < 4.78 is 0. The Morgan fingerprint density at radius 1 is 1.36 bits per heavy atom. The summed E-state index contributed by atoms with van der Waals surface area (Å²) in [7, 11) is 0.